The van der Waals surface area contributed by atoms with Crippen LogP contribution in [0, 0.1) is 16.7 Å². The van der Waals surface area contributed by atoms with E-state index in [1.165, 1.54) is 0 Å². The molecular formula is C15H14Cl2N2O3. The first-order valence-electron chi connectivity index (χ1n) is 6.59. The maximum atomic E-state index is 11.8. The fraction of sp³-hybridized carbons (Fsp3) is 0.400. The van der Waals surface area contributed by atoms with Crippen LogP contribution in [0.2, 0.25) is 0 Å². The molecule has 0 aromatic heterocycles. The molecule has 2 rings (SSSR count). The van der Waals surface area contributed by atoms with Crippen molar-refractivity contribution in [2.24, 2.45) is 5.41 Å². The number of ether oxygens (including phenoxy) is 1. The van der Waals surface area contributed by atoms with E-state index >= 15 is 0 Å². The summed E-state index contributed by atoms with van der Waals surface area (Å²) in [6.07, 6.45) is 0.618. The smallest absolute Gasteiger partial charge is 0.315 e. The number of rotatable bonds is 5. The van der Waals surface area contributed by atoms with Gasteiger partial charge in [0.25, 0.3) is 5.91 Å². The largest absolute Gasteiger partial charge is 0.455 e. The average Bonchev–Trinajstić information content (AvgIpc) is 2.99. The first kappa shape index (κ1) is 16.6. The molecule has 0 unspecified atom stereocenters. The van der Waals surface area contributed by atoms with Crippen molar-refractivity contribution in [2.45, 2.75) is 24.1 Å². The minimum atomic E-state index is -1.11. The van der Waals surface area contributed by atoms with Gasteiger partial charge in [-0.05, 0) is 24.6 Å². The van der Waals surface area contributed by atoms with E-state index in [2.05, 4.69) is 5.32 Å². The lowest BCUT2D eigenvalue weighted by molar-refractivity contribution is -0.152. The van der Waals surface area contributed by atoms with Crippen molar-refractivity contribution >= 4 is 40.8 Å². The van der Waals surface area contributed by atoms with Crippen LogP contribution in [-0.2, 0) is 20.7 Å². The van der Waals surface area contributed by atoms with E-state index in [1.807, 2.05) is 6.07 Å². The highest BCUT2D eigenvalue weighted by molar-refractivity contribution is 6.53. The van der Waals surface area contributed by atoms with Gasteiger partial charge in [0.05, 0.1) is 12.5 Å². The standard InChI is InChI=1S/C15H14Cl2N2O3/c1-14(9-15(14,16)17)13(21)22-8-12(20)19-11-4-2-10(3-5-11)6-7-18/h2-5H,6,8-9H2,1H3,(H,19,20)/t14-/m0/s1. The van der Waals surface area contributed by atoms with E-state index in [9.17, 15) is 9.59 Å². The van der Waals surface area contributed by atoms with Crippen molar-refractivity contribution < 1.29 is 14.3 Å². The third kappa shape index (κ3) is 3.52. The van der Waals surface area contributed by atoms with Crippen molar-refractivity contribution in [3.8, 4) is 6.07 Å². The van der Waals surface area contributed by atoms with Gasteiger partial charge in [-0.25, -0.2) is 0 Å². The van der Waals surface area contributed by atoms with Gasteiger partial charge in [-0.2, -0.15) is 5.26 Å². The minimum absolute atomic E-state index is 0.309. The molecule has 5 nitrogen and oxygen atoms in total. The molecule has 0 spiro atoms. The zero-order valence-corrected chi connectivity index (χ0v) is 13.4. The van der Waals surface area contributed by atoms with Gasteiger partial charge < -0.3 is 10.1 Å². The number of amides is 1. The predicted octanol–water partition coefficient (Wildman–Crippen LogP) is 2.82. The van der Waals surface area contributed by atoms with E-state index in [0.29, 0.717) is 18.5 Å². The van der Waals surface area contributed by atoms with Gasteiger partial charge in [0.15, 0.2) is 6.61 Å². The Kier molecular flexibility index (Phi) is 4.64. The molecule has 0 heterocycles. The van der Waals surface area contributed by atoms with Crippen LogP contribution in [0.25, 0.3) is 0 Å². The number of carbonyl (C=O) groups is 2. The number of carbonyl (C=O) groups excluding carboxylic acids is 2. The van der Waals surface area contributed by atoms with Crippen LogP contribution >= 0.6 is 23.2 Å². The Morgan fingerprint density at radius 2 is 1.95 bits per heavy atom. The second-order valence-corrected chi connectivity index (χ2v) is 6.85. The van der Waals surface area contributed by atoms with Crippen molar-refractivity contribution in [3.63, 3.8) is 0 Å². The molecule has 1 aliphatic carbocycles. The molecule has 0 saturated heterocycles. The topological polar surface area (TPSA) is 79.2 Å². The Labute approximate surface area is 138 Å². The van der Waals surface area contributed by atoms with Crippen LogP contribution in [0.4, 0.5) is 5.69 Å². The summed E-state index contributed by atoms with van der Waals surface area (Å²) in [5, 5.41) is 11.2. The number of benzene rings is 1. The Bertz CT molecular complexity index is 637. The van der Waals surface area contributed by atoms with Gasteiger partial charge in [-0.3, -0.25) is 9.59 Å². The lowest BCUT2D eigenvalue weighted by Crippen LogP contribution is -2.26. The monoisotopic (exact) mass is 340 g/mol. The minimum Gasteiger partial charge on any atom is -0.455 e. The molecule has 1 fully saturated rings. The number of hydrogen-bond acceptors (Lipinski definition) is 4. The molecule has 0 aliphatic heterocycles. The van der Waals surface area contributed by atoms with Crippen LogP contribution in [0.1, 0.15) is 18.9 Å². The van der Waals surface area contributed by atoms with E-state index < -0.39 is 28.2 Å². The maximum Gasteiger partial charge on any atom is 0.315 e. The number of hydrogen-bond donors (Lipinski definition) is 1. The molecule has 0 radical (unpaired) electrons. The third-order valence-corrected chi connectivity index (χ3v) is 4.67. The fourth-order valence-corrected chi connectivity index (χ4v) is 2.59. The van der Waals surface area contributed by atoms with Crippen molar-refractivity contribution in [1.29, 1.82) is 5.26 Å². The van der Waals surface area contributed by atoms with Crippen molar-refractivity contribution in [2.75, 3.05) is 11.9 Å². The van der Waals surface area contributed by atoms with Gasteiger partial charge in [-0.1, -0.05) is 12.1 Å². The zero-order chi connectivity index (χ0) is 16.4. The van der Waals surface area contributed by atoms with Crippen molar-refractivity contribution in [1.82, 2.24) is 0 Å². The Balaban J connectivity index is 1.81. The highest BCUT2D eigenvalue weighted by Crippen LogP contribution is 2.64. The van der Waals surface area contributed by atoms with E-state index in [0.717, 1.165) is 5.56 Å². The fourth-order valence-electron chi connectivity index (χ4n) is 1.91. The summed E-state index contributed by atoms with van der Waals surface area (Å²) in [5.41, 5.74) is 0.466. The maximum absolute atomic E-state index is 11.8. The summed E-state index contributed by atoms with van der Waals surface area (Å²) in [4.78, 5) is 23.5. The Morgan fingerprint density at radius 1 is 1.36 bits per heavy atom. The number of esters is 1. The molecular weight excluding hydrogens is 327 g/mol. The number of nitriles is 1. The molecule has 7 heteroatoms. The van der Waals surface area contributed by atoms with E-state index in [4.69, 9.17) is 33.2 Å². The summed E-state index contributed by atoms with van der Waals surface area (Å²) in [7, 11) is 0. The summed E-state index contributed by atoms with van der Waals surface area (Å²) in [5.74, 6) is -1.04. The first-order chi connectivity index (χ1) is 10.3. The van der Waals surface area contributed by atoms with Crippen LogP contribution < -0.4 is 5.32 Å². The SMILES string of the molecule is C[C@@]1(C(=O)OCC(=O)Nc2ccc(CC#N)cc2)CC1(Cl)Cl. The lowest BCUT2D eigenvalue weighted by atomic mass is 10.1. The van der Waals surface area contributed by atoms with Gasteiger partial charge in [0, 0.05) is 12.1 Å². The van der Waals surface area contributed by atoms with Crippen LogP contribution in [-0.4, -0.2) is 22.8 Å². The van der Waals surface area contributed by atoms with Gasteiger partial charge >= 0.3 is 5.97 Å². The highest BCUT2D eigenvalue weighted by atomic mass is 35.5. The molecule has 0 bridgehead atoms. The Morgan fingerprint density at radius 3 is 2.45 bits per heavy atom. The van der Waals surface area contributed by atoms with E-state index in [-0.39, 0.29) is 0 Å². The quantitative estimate of drug-likeness (QED) is 0.660. The predicted molar refractivity (Wildman–Crippen MR) is 82.5 cm³/mol. The molecule has 1 saturated carbocycles. The van der Waals surface area contributed by atoms with Gasteiger partial charge in [-0.15, -0.1) is 23.2 Å². The normalized spacial score (nSPS) is 21.5. The molecule has 1 amide bonds. The zero-order valence-electron chi connectivity index (χ0n) is 11.9. The number of nitrogens with one attached hydrogen (secondary N) is 1. The summed E-state index contributed by atoms with van der Waals surface area (Å²) in [6, 6.07) is 8.88. The highest BCUT2D eigenvalue weighted by Gasteiger charge is 2.69. The first-order valence-corrected chi connectivity index (χ1v) is 7.35. The number of anilines is 1. The average molecular weight is 341 g/mol. The van der Waals surface area contributed by atoms with Crippen LogP contribution in [0.5, 0.6) is 0 Å². The summed E-state index contributed by atoms with van der Waals surface area (Å²) in [6.45, 7) is 1.19. The second-order valence-electron chi connectivity index (χ2n) is 5.37. The molecule has 116 valence electrons. The van der Waals surface area contributed by atoms with Gasteiger partial charge in [0.1, 0.15) is 9.75 Å². The Hall–Kier alpha value is -1.77. The lowest BCUT2D eigenvalue weighted by Gasteiger charge is -2.12. The molecule has 1 atom stereocenters. The summed E-state index contributed by atoms with van der Waals surface area (Å²) < 4.78 is 3.82. The van der Waals surface area contributed by atoms with Crippen molar-refractivity contribution in [3.05, 3.63) is 29.8 Å². The summed E-state index contributed by atoms with van der Waals surface area (Å²) >= 11 is 11.7. The molecule has 22 heavy (non-hydrogen) atoms. The molecule has 1 aromatic carbocycles. The molecule has 1 N–H and O–H groups in total. The number of alkyl halides is 2. The molecule has 1 aromatic rings. The van der Waals surface area contributed by atoms with Crippen LogP contribution in [0.3, 0.4) is 0 Å². The molecule has 1 aliphatic rings. The number of nitrogens with zero attached hydrogens (tertiary/aromatic N) is 1. The third-order valence-electron chi connectivity index (χ3n) is 3.56. The second kappa shape index (κ2) is 6.15. The van der Waals surface area contributed by atoms with Gasteiger partial charge in [0.2, 0.25) is 0 Å². The number of halogens is 2. The van der Waals surface area contributed by atoms with E-state index in [1.54, 1.807) is 31.2 Å². The van der Waals surface area contributed by atoms with Crippen LogP contribution in [0.15, 0.2) is 24.3 Å².